The van der Waals surface area contributed by atoms with Gasteiger partial charge in [-0.15, -0.1) is 11.3 Å². The summed E-state index contributed by atoms with van der Waals surface area (Å²) in [7, 11) is 3.49. The molecule has 1 aromatic carbocycles. The maximum Gasteiger partial charge on any atom is 0.263 e. The van der Waals surface area contributed by atoms with Crippen LogP contribution in [0, 0.1) is 0 Å². The Morgan fingerprint density at radius 2 is 2.11 bits per heavy atom. The van der Waals surface area contributed by atoms with Crippen molar-refractivity contribution in [2.45, 2.75) is 31.4 Å². The van der Waals surface area contributed by atoms with E-state index in [1.54, 1.807) is 30.3 Å². The Balaban J connectivity index is 1.39. The number of benzene rings is 1. The second kappa shape index (κ2) is 6.63. The van der Waals surface area contributed by atoms with Gasteiger partial charge in [0.2, 0.25) is 5.95 Å². The molecule has 0 saturated heterocycles. The van der Waals surface area contributed by atoms with Crippen molar-refractivity contribution in [2.24, 2.45) is 0 Å². The molecule has 0 spiro atoms. The zero-order valence-electron chi connectivity index (χ0n) is 15.7. The number of carbonyl (C=O) groups excluding carboxylic acids is 1. The third kappa shape index (κ3) is 3.24. The number of fused-ring (bicyclic) bond motifs is 2. The number of hydrogen-bond donors (Lipinski definition) is 2. The minimum atomic E-state index is -0.451. The third-order valence-electron chi connectivity index (χ3n) is 4.93. The molecule has 28 heavy (non-hydrogen) atoms. The lowest BCUT2D eigenvalue weighted by Crippen LogP contribution is -2.36. The molecule has 0 bridgehead atoms. The number of nitrogens with zero attached hydrogens (tertiary/aromatic N) is 3. The summed E-state index contributed by atoms with van der Waals surface area (Å²) in [5.74, 6) is 2.20. The van der Waals surface area contributed by atoms with Gasteiger partial charge in [0, 0.05) is 37.8 Å². The van der Waals surface area contributed by atoms with Crippen molar-refractivity contribution >= 4 is 44.9 Å². The van der Waals surface area contributed by atoms with Crippen LogP contribution in [0.2, 0.25) is 0 Å². The van der Waals surface area contributed by atoms with E-state index < -0.39 is 6.10 Å². The van der Waals surface area contributed by atoms with E-state index >= 15 is 0 Å². The van der Waals surface area contributed by atoms with Gasteiger partial charge in [-0.25, -0.2) is 4.98 Å². The summed E-state index contributed by atoms with van der Waals surface area (Å²) in [5.41, 5.74) is 2.83. The predicted molar refractivity (Wildman–Crippen MR) is 111 cm³/mol. The van der Waals surface area contributed by atoms with Crippen LogP contribution >= 0.6 is 11.3 Å². The first kappa shape index (κ1) is 17.2. The van der Waals surface area contributed by atoms with Crippen LogP contribution in [0.3, 0.4) is 0 Å². The molecule has 7 nitrogen and oxygen atoms in total. The molecule has 1 saturated carbocycles. The lowest BCUT2D eigenvalue weighted by molar-refractivity contribution is -0.135. The molecule has 8 heteroatoms. The van der Waals surface area contributed by atoms with Gasteiger partial charge < -0.3 is 20.3 Å². The molecule has 1 unspecified atom stereocenters. The smallest absolute Gasteiger partial charge is 0.263 e. The van der Waals surface area contributed by atoms with Gasteiger partial charge in [0.05, 0.1) is 10.2 Å². The summed E-state index contributed by atoms with van der Waals surface area (Å²) in [6.45, 7) is 0. The van der Waals surface area contributed by atoms with Gasteiger partial charge in [0.1, 0.15) is 11.6 Å². The normalized spacial score (nSPS) is 17.9. The molecule has 144 valence electrons. The number of nitrogens with one attached hydrogen (secondary N) is 2. The van der Waals surface area contributed by atoms with E-state index in [1.165, 1.54) is 12.8 Å². The fourth-order valence-electron chi connectivity index (χ4n) is 3.32. The fourth-order valence-corrected chi connectivity index (χ4v) is 4.10. The number of carbonyl (C=O) groups is 1. The number of thiophene rings is 1. The van der Waals surface area contributed by atoms with Crippen molar-refractivity contribution in [3.8, 4) is 5.75 Å². The minimum absolute atomic E-state index is 0.0206. The highest BCUT2D eigenvalue weighted by Crippen LogP contribution is 2.34. The Morgan fingerprint density at radius 3 is 2.89 bits per heavy atom. The maximum atomic E-state index is 12.2. The highest BCUT2D eigenvalue weighted by molar-refractivity contribution is 7.17. The molecule has 0 radical (unpaired) electrons. The Labute approximate surface area is 166 Å². The van der Waals surface area contributed by atoms with E-state index in [-0.39, 0.29) is 5.91 Å². The second-order valence-electron chi connectivity index (χ2n) is 7.44. The van der Waals surface area contributed by atoms with Crippen LogP contribution in [0.15, 0.2) is 29.6 Å². The topological polar surface area (TPSA) is 79.4 Å². The molecule has 1 fully saturated rings. The molecule has 1 aliphatic carbocycles. The van der Waals surface area contributed by atoms with Crippen LogP contribution in [0.1, 0.15) is 18.4 Å². The summed E-state index contributed by atoms with van der Waals surface area (Å²) in [6.07, 6.45) is 2.50. The summed E-state index contributed by atoms with van der Waals surface area (Å²) >= 11 is 1.65. The summed E-state index contributed by atoms with van der Waals surface area (Å²) in [5, 5.41) is 8.84. The molecular formula is C20H21N5O2S. The number of rotatable bonds is 5. The van der Waals surface area contributed by atoms with E-state index in [0.717, 1.165) is 33.0 Å². The average Bonchev–Trinajstić information content (AvgIpc) is 3.18. The molecule has 1 atom stereocenters. The molecule has 2 aliphatic rings. The molecule has 2 aromatic heterocycles. The Kier molecular flexibility index (Phi) is 4.08. The van der Waals surface area contributed by atoms with E-state index in [1.807, 2.05) is 29.6 Å². The van der Waals surface area contributed by atoms with E-state index in [4.69, 9.17) is 9.72 Å². The average molecular weight is 395 g/mol. The molecule has 3 heterocycles. The van der Waals surface area contributed by atoms with Gasteiger partial charge in [0.25, 0.3) is 5.91 Å². The zero-order valence-corrected chi connectivity index (χ0v) is 16.5. The SMILES string of the molecule is CN(C)C(=O)C1Cc2cc(Nc3nc(NC4CC4)c4sccc4n3)ccc2O1. The van der Waals surface area contributed by atoms with Gasteiger partial charge in [-0.3, -0.25) is 4.79 Å². The molecule has 1 amide bonds. The molecular weight excluding hydrogens is 374 g/mol. The number of anilines is 3. The molecule has 2 N–H and O–H groups in total. The van der Waals surface area contributed by atoms with Crippen molar-refractivity contribution < 1.29 is 9.53 Å². The fraction of sp³-hybridized carbons (Fsp3) is 0.350. The van der Waals surface area contributed by atoms with Gasteiger partial charge in [0.15, 0.2) is 6.10 Å². The van der Waals surface area contributed by atoms with Crippen molar-refractivity contribution in [1.29, 1.82) is 0 Å². The summed E-state index contributed by atoms with van der Waals surface area (Å²) < 4.78 is 6.88. The van der Waals surface area contributed by atoms with Crippen LogP contribution in [0.4, 0.5) is 17.5 Å². The first-order valence-electron chi connectivity index (χ1n) is 9.36. The Morgan fingerprint density at radius 1 is 1.25 bits per heavy atom. The first-order valence-corrected chi connectivity index (χ1v) is 10.2. The Bertz CT molecular complexity index is 1060. The highest BCUT2D eigenvalue weighted by Gasteiger charge is 2.30. The maximum absolute atomic E-state index is 12.2. The summed E-state index contributed by atoms with van der Waals surface area (Å²) in [6, 6.07) is 8.37. The number of aromatic nitrogens is 2. The Hall–Kier alpha value is -2.87. The quantitative estimate of drug-likeness (QED) is 0.689. The molecule has 3 aromatic rings. The number of hydrogen-bond acceptors (Lipinski definition) is 7. The van der Waals surface area contributed by atoms with Gasteiger partial charge >= 0.3 is 0 Å². The molecule has 5 rings (SSSR count). The van der Waals surface area contributed by atoms with E-state index in [9.17, 15) is 4.79 Å². The van der Waals surface area contributed by atoms with Crippen LogP contribution in [0.5, 0.6) is 5.75 Å². The van der Waals surface area contributed by atoms with E-state index in [2.05, 4.69) is 15.6 Å². The predicted octanol–water partition coefficient (Wildman–Crippen LogP) is 3.40. The zero-order chi connectivity index (χ0) is 19.3. The van der Waals surface area contributed by atoms with Crippen LogP contribution in [-0.4, -0.2) is 47.0 Å². The van der Waals surface area contributed by atoms with Gasteiger partial charge in [-0.05, 0) is 42.5 Å². The van der Waals surface area contributed by atoms with Crippen molar-refractivity contribution in [2.75, 3.05) is 24.7 Å². The largest absolute Gasteiger partial charge is 0.480 e. The minimum Gasteiger partial charge on any atom is -0.480 e. The van der Waals surface area contributed by atoms with Gasteiger partial charge in [-0.1, -0.05) is 0 Å². The summed E-state index contributed by atoms with van der Waals surface area (Å²) in [4.78, 5) is 23.1. The number of amides is 1. The second-order valence-corrected chi connectivity index (χ2v) is 8.36. The van der Waals surface area contributed by atoms with Gasteiger partial charge in [-0.2, -0.15) is 4.98 Å². The highest BCUT2D eigenvalue weighted by atomic mass is 32.1. The van der Waals surface area contributed by atoms with Crippen molar-refractivity contribution in [1.82, 2.24) is 14.9 Å². The molecule has 1 aliphatic heterocycles. The van der Waals surface area contributed by atoms with Crippen molar-refractivity contribution in [3.63, 3.8) is 0 Å². The lowest BCUT2D eigenvalue weighted by Gasteiger charge is -2.15. The van der Waals surface area contributed by atoms with Crippen LogP contribution < -0.4 is 15.4 Å². The number of ether oxygens (including phenoxy) is 1. The monoisotopic (exact) mass is 395 g/mol. The van der Waals surface area contributed by atoms with E-state index in [0.29, 0.717) is 18.4 Å². The lowest BCUT2D eigenvalue weighted by atomic mass is 10.1. The third-order valence-corrected chi connectivity index (χ3v) is 5.84. The van der Waals surface area contributed by atoms with Crippen LogP contribution in [-0.2, 0) is 11.2 Å². The van der Waals surface area contributed by atoms with Crippen LogP contribution in [0.25, 0.3) is 10.2 Å². The first-order chi connectivity index (χ1) is 13.6. The standard InChI is InChI=1S/C20H21N5O2S/c1-25(2)19(26)16-10-11-9-13(5-6-15(11)27-16)22-20-23-14-7-8-28-17(14)18(24-20)21-12-3-4-12/h5-9,12,16H,3-4,10H2,1-2H3,(H2,21,22,23,24). The number of likely N-dealkylation sites (N-methyl/N-ethyl adjacent to an activating group) is 1. The van der Waals surface area contributed by atoms with Crippen molar-refractivity contribution in [3.05, 3.63) is 35.2 Å².